The van der Waals surface area contributed by atoms with Crippen LogP contribution >= 0.6 is 0 Å². The average Bonchev–Trinajstić information content (AvgIpc) is 2.12. The van der Waals surface area contributed by atoms with Gasteiger partial charge in [-0.3, -0.25) is 14.5 Å². The van der Waals surface area contributed by atoms with Gasteiger partial charge in [-0.15, -0.1) is 0 Å². The van der Waals surface area contributed by atoms with E-state index in [0.717, 1.165) is 13.1 Å². The summed E-state index contributed by atoms with van der Waals surface area (Å²) in [5.41, 5.74) is 3.96. The van der Waals surface area contributed by atoms with Crippen LogP contribution in [-0.2, 0) is 9.59 Å². The third kappa shape index (κ3) is 2.62. The number of hydrogen-bond acceptors (Lipinski definition) is 3. The van der Waals surface area contributed by atoms with Gasteiger partial charge in [-0.2, -0.15) is 13.2 Å². The maximum Gasteiger partial charge on any atom is 0.413 e. The van der Waals surface area contributed by atoms with Crippen molar-refractivity contribution in [2.75, 3.05) is 7.05 Å². The molecule has 0 fully saturated rings. The lowest BCUT2D eigenvalue weighted by atomic mass is 10.1. The van der Waals surface area contributed by atoms with Crippen molar-refractivity contribution in [2.24, 2.45) is 5.73 Å². The van der Waals surface area contributed by atoms with E-state index in [9.17, 15) is 22.8 Å². The normalized spacial score (nSPS) is 18.9. The zero-order valence-corrected chi connectivity index (χ0v) is 8.34. The van der Waals surface area contributed by atoms with Crippen LogP contribution in [0, 0.1) is 0 Å². The first-order valence-electron chi connectivity index (χ1n) is 4.27. The number of carbonyl (C=O) groups is 2. The van der Waals surface area contributed by atoms with Crippen molar-refractivity contribution >= 4 is 11.8 Å². The SMILES string of the molecule is CN1C(=O)C=C(N)CC(C(F)(F)F)=CC1=O. The summed E-state index contributed by atoms with van der Waals surface area (Å²) in [5, 5.41) is 0. The minimum atomic E-state index is -4.63. The van der Waals surface area contributed by atoms with Crippen molar-refractivity contribution in [1.82, 2.24) is 4.90 Å². The maximum absolute atomic E-state index is 12.4. The molecular weight excluding hydrogens is 225 g/mol. The summed E-state index contributed by atoms with van der Waals surface area (Å²) in [6.07, 6.45) is -4.08. The van der Waals surface area contributed by atoms with Crippen LogP contribution in [0.1, 0.15) is 6.42 Å². The molecule has 0 aromatic rings. The van der Waals surface area contributed by atoms with Gasteiger partial charge in [0.15, 0.2) is 0 Å². The number of allylic oxidation sites excluding steroid dienone is 1. The number of nitrogens with two attached hydrogens (primary N) is 1. The molecule has 0 aromatic carbocycles. The van der Waals surface area contributed by atoms with Crippen molar-refractivity contribution in [2.45, 2.75) is 12.6 Å². The maximum atomic E-state index is 12.4. The van der Waals surface area contributed by atoms with E-state index in [2.05, 4.69) is 0 Å². The van der Waals surface area contributed by atoms with Crippen molar-refractivity contribution in [3.8, 4) is 0 Å². The van der Waals surface area contributed by atoms with Gasteiger partial charge in [-0.1, -0.05) is 0 Å². The highest BCUT2D eigenvalue weighted by Gasteiger charge is 2.35. The number of amides is 2. The zero-order chi connectivity index (χ0) is 12.5. The quantitative estimate of drug-likeness (QED) is 0.628. The van der Waals surface area contributed by atoms with Gasteiger partial charge in [-0.05, 0) is 0 Å². The molecule has 0 saturated carbocycles. The monoisotopic (exact) mass is 234 g/mol. The van der Waals surface area contributed by atoms with E-state index in [1.54, 1.807) is 0 Å². The zero-order valence-electron chi connectivity index (χ0n) is 8.34. The summed E-state index contributed by atoms with van der Waals surface area (Å²) in [6.45, 7) is 0. The van der Waals surface area contributed by atoms with Crippen LogP contribution in [0.25, 0.3) is 0 Å². The average molecular weight is 234 g/mol. The molecular formula is C9H9F3N2O2. The van der Waals surface area contributed by atoms with Gasteiger partial charge >= 0.3 is 6.18 Å². The molecule has 1 aliphatic heterocycles. The molecule has 2 amide bonds. The number of rotatable bonds is 0. The summed E-state index contributed by atoms with van der Waals surface area (Å²) in [5.74, 6) is -1.75. The highest BCUT2D eigenvalue weighted by atomic mass is 19.4. The smallest absolute Gasteiger partial charge is 0.402 e. The second-order valence-electron chi connectivity index (χ2n) is 3.30. The molecule has 1 heterocycles. The summed E-state index contributed by atoms with van der Waals surface area (Å²) in [4.78, 5) is 22.9. The van der Waals surface area contributed by atoms with Crippen molar-refractivity contribution < 1.29 is 22.8 Å². The van der Waals surface area contributed by atoms with Gasteiger partial charge in [0.2, 0.25) is 0 Å². The first-order chi connectivity index (χ1) is 7.21. The fraction of sp³-hybridized carbons (Fsp3) is 0.333. The predicted molar refractivity (Wildman–Crippen MR) is 48.8 cm³/mol. The number of halogens is 3. The van der Waals surface area contributed by atoms with Gasteiger partial charge < -0.3 is 5.73 Å². The molecule has 0 unspecified atom stereocenters. The van der Waals surface area contributed by atoms with Crippen molar-refractivity contribution in [3.63, 3.8) is 0 Å². The third-order valence-electron chi connectivity index (χ3n) is 2.03. The fourth-order valence-electron chi connectivity index (χ4n) is 1.11. The summed E-state index contributed by atoms with van der Waals surface area (Å²) >= 11 is 0. The Hall–Kier alpha value is -1.79. The van der Waals surface area contributed by atoms with E-state index in [4.69, 9.17) is 5.73 Å². The number of hydrogen-bond donors (Lipinski definition) is 1. The Morgan fingerprint density at radius 3 is 2.25 bits per heavy atom. The van der Waals surface area contributed by atoms with Crippen molar-refractivity contribution in [1.29, 1.82) is 0 Å². The number of likely N-dealkylation sites (N-methyl/N-ethyl adjacent to an activating group) is 1. The van der Waals surface area contributed by atoms with Crippen LogP contribution < -0.4 is 5.73 Å². The Labute approximate surface area is 89.2 Å². The van der Waals surface area contributed by atoms with Gasteiger partial charge in [0.05, 0.1) is 0 Å². The molecule has 1 rings (SSSR count). The van der Waals surface area contributed by atoms with Gasteiger partial charge in [0.1, 0.15) is 0 Å². The molecule has 0 aliphatic carbocycles. The highest BCUT2D eigenvalue weighted by Crippen LogP contribution is 2.30. The van der Waals surface area contributed by atoms with Crippen LogP contribution in [0.2, 0.25) is 0 Å². The first-order valence-corrected chi connectivity index (χ1v) is 4.27. The van der Waals surface area contributed by atoms with E-state index in [0.29, 0.717) is 11.0 Å². The van der Waals surface area contributed by atoms with E-state index >= 15 is 0 Å². The van der Waals surface area contributed by atoms with Crippen LogP contribution in [0.15, 0.2) is 23.4 Å². The minimum absolute atomic E-state index is 0.229. The molecule has 1 aliphatic rings. The van der Waals surface area contributed by atoms with Gasteiger partial charge in [0, 0.05) is 36.9 Å². The standard InChI is InChI=1S/C9H9F3N2O2/c1-14-7(15)3-5(9(10,11)12)2-6(13)4-8(14)16/h3-4H,2,13H2,1H3. The molecule has 0 aromatic heterocycles. The van der Waals surface area contributed by atoms with Gasteiger partial charge in [-0.25, -0.2) is 0 Å². The molecule has 0 spiro atoms. The molecule has 7 heteroatoms. The third-order valence-corrected chi connectivity index (χ3v) is 2.03. The minimum Gasteiger partial charge on any atom is -0.402 e. The second kappa shape index (κ2) is 3.99. The Morgan fingerprint density at radius 2 is 1.75 bits per heavy atom. The Balaban J connectivity index is 3.15. The van der Waals surface area contributed by atoms with E-state index in [-0.39, 0.29) is 5.70 Å². The number of imide groups is 1. The topological polar surface area (TPSA) is 63.4 Å². The molecule has 0 bridgehead atoms. The van der Waals surface area contributed by atoms with Crippen molar-refractivity contribution in [3.05, 3.63) is 23.4 Å². The molecule has 0 atom stereocenters. The van der Waals surface area contributed by atoms with E-state index in [1.807, 2.05) is 0 Å². The number of carbonyl (C=O) groups excluding carboxylic acids is 2. The molecule has 0 radical (unpaired) electrons. The van der Waals surface area contributed by atoms with Crippen LogP contribution in [0.3, 0.4) is 0 Å². The van der Waals surface area contributed by atoms with Gasteiger partial charge in [0.25, 0.3) is 11.8 Å². The van der Waals surface area contributed by atoms with E-state index < -0.39 is 30.0 Å². The fourth-order valence-corrected chi connectivity index (χ4v) is 1.11. The van der Waals surface area contributed by atoms with E-state index in [1.165, 1.54) is 0 Å². The summed E-state index contributed by atoms with van der Waals surface area (Å²) < 4.78 is 37.3. The lowest BCUT2D eigenvalue weighted by molar-refractivity contribution is -0.138. The summed E-state index contributed by atoms with van der Waals surface area (Å²) in [7, 11) is 1.09. The second-order valence-corrected chi connectivity index (χ2v) is 3.30. The lowest BCUT2D eigenvalue weighted by Crippen LogP contribution is -2.33. The van der Waals surface area contributed by atoms with Crippen LogP contribution in [0.4, 0.5) is 13.2 Å². The Kier molecular flexibility index (Phi) is 3.06. The molecule has 2 N–H and O–H groups in total. The number of nitrogens with zero attached hydrogens (tertiary/aromatic N) is 1. The lowest BCUT2D eigenvalue weighted by Gasteiger charge is -2.18. The molecule has 4 nitrogen and oxygen atoms in total. The molecule has 88 valence electrons. The van der Waals surface area contributed by atoms with Crippen LogP contribution in [0.5, 0.6) is 0 Å². The molecule has 0 saturated heterocycles. The Morgan fingerprint density at radius 1 is 1.25 bits per heavy atom. The largest absolute Gasteiger partial charge is 0.413 e. The van der Waals surface area contributed by atoms with Crippen LogP contribution in [-0.4, -0.2) is 29.9 Å². The highest BCUT2D eigenvalue weighted by molar-refractivity contribution is 6.05. The number of alkyl halides is 3. The summed E-state index contributed by atoms with van der Waals surface area (Å²) in [6, 6.07) is 0. The predicted octanol–water partition coefficient (Wildman–Crippen LogP) is 0.706. The molecule has 16 heavy (non-hydrogen) atoms. The Bertz CT molecular complexity index is 396. The first kappa shape index (κ1) is 12.3.